The summed E-state index contributed by atoms with van der Waals surface area (Å²) in [4.78, 5) is 10.7. The van der Waals surface area contributed by atoms with Gasteiger partial charge in [0, 0.05) is 16.8 Å². The van der Waals surface area contributed by atoms with Crippen molar-refractivity contribution in [3.8, 4) is 0 Å². The number of furan rings is 1. The first-order chi connectivity index (χ1) is 8.74. The van der Waals surface area contributed by atoms with Crippen LogP contribution in [0, 0.1) is 0 Å². The lowest BCUT2D eigenvalue weighted by atomic mass is 10.1. The summed E-state index contributed by atoms with van der Waals surface area (Å²) in [6.45, 7) is 0. The fourth-order valence-corrected chi connectivity index (χ4v) is 2.03. The van der Waals surface area contributed by atoms with Crippen LogP contribution in [0.2, 0.25) is 0 Å². The van der Waals surface area contributed by atoms with E-state index in [1.807, 2.05) is 42.5 Å². The van der Waals surface area contributed by atoms with Crippen molar-refractivity contribution in [3.05, 3.63) is 54.1 Å². The summed E-state index contributed by atoms with van der Waals surface area (Å²) < 4.78 is 5.72. The molecule has 0 aliphatic carbocycles. The van der Waals surface area contributed by atoms with Crippen molar-refractivity contribution >= 4 is 33.9 Å². The highest BCUT2D eigenvalue weighted by Gasteiger charge is 2.05. The van der Waals surface area contributed by atoms with Crippen molar-refractivity contribution in [2.75, 3.05) is 0 Å². The molecule has 0 saturated carbocycles. The van der Waals surface area contributed by atoms with Crippen LogP contribution in [0.5, 0.6) is 0 Å². The third kappa shape index (κ3) is 1.76. The Morgan fingerprint density at radius 1 is 1.06 bits per heavy atom. The molecule has 1 aromatic heterocycles. The first kappa shape index (κ1) is 10.6. The predicted molar refractivity (Wildman–Crippen MR) is 71.9 cm³/mol. The highest BCUT2D eigenvalue weighted by Crippen LogP contribution is 2.29. The molecule has 0 saturated heterocycles. The van der Waals surface area contributed by atoms with Gasteiger partial charge in [-0.05, 0) is 29.8 Å². The van der Waals surface area contributed by atoms with Crippen LogP contribution in [0.4, 0.5) is 0 Å². The normalized spacial score (nSPS) is 11.6. The van der Waals surface area contributed by atoms with Crippen molar-refractivity contribution in [1.29, 1.82) is 0 Å². The minimum absolute atomic E-state index is 0.452. The summed E-state index contributed by atoms with van der Waals surface area (Å²) in [5.41, 5.74) is 7.71. The van der Waals surface area contributed by atoms with Crippen molar-refractivity contribution in [2.45, 2.75) is 0 Å². The molecule has 0 atom stereocenters. The standard InChI is InChI=1S/C15H11NO2/c16-15(17)8-6-10-5-7-14-12(9-10)11-3-1-2-4-13(11)18-14/h1-9H,(H2,16,17)/b8-6-. The van der Waals surface area contributed by atoms with E-state index in [-0.39, 0.29) is 0 Å². The molecule has 3 aromatic rings. The Balaban J connectivity index is 2.21. The Morgan fingerprint density at radius 2 is 1.83 bits per heavy atom. The van der Waals surface area contributed by atoms with Crippen LogP contribution in [-0.4, -0.2) is 5.91 Å². The molecule has 2 N–H and O–H groups in total. The number of carbonyl (C=O) groups is 1. The molecule has 0 fully saturated rings. The number of benzene rings is 2. The average Bonchev–Trinajstić information content (AvgIpc) is 2.74. The van der Waals surface area contributed by atoms with E-state index in [1.54, 1.807) is 6.08 Å². The van der Waals surface area contributed by atoms with Gasteiger partial charge in [-0.15, -0.1) is 0 Å². The number of nitrogens with two attached hydrogens (primary N) is 1. The zero-order chi connectivity index (χ0) is 12.5. The summed E-state index contributed by atoms with van der Waals surface area (Å²) in [6, 6.07) is 13.7. The molecule has 88 valence electrons. The van der Waals surface area contributed by atoms with E-state index in [0.29, 0.717) is 0 Å². The van der Waals surface area contributed by atoms with Crippen LogP contribution in [0.3, 0.4) is 0 Å². The van der Waals surface area contributed by atoms with Gasteiger partial charge in [-0.3, -0.25) is 4.79 Å². The van der Waals surface area contributed by atoms with Gasteiger partial charge in [-0.2, -0.15) is 0 Å². The Bertz CT molecular complexity index is 768. The maximum Gasteiger partial charge on any atom is 0.241 e. The second kappa shape index (κ2) is 4.04. The quantitative estimate of drug-likeness (QED) is 0.696. The summed E-state index contributed by atoms with van der Waals surface area (Å²) in [5, 5.41) is 2.11. The Morgan fingerprint density at radius 3 is 2.67 bits per heavy atom. The van der Waals surface area contributed by atoms with E-state index < -0.39 is 5.91 Å². The molecule has 0 radical (unpaired) electrons. The highest BCUT2D eigenvalue weighted by molar-refractivity contribution is 6.05. The van der Waals surface area contributed by atoms with Gasteiger partial charge in [-0.1, -0.05) is 24.3 Å². The molecule has 0 aliphatic rings. The molecule has 3 nitrogen and oxygen atoms in total. The highest BCUT2D eigenvalue weighted by atomic mass is 16.3. The Labute approximate surface area is 103 Å². The minimum Gasteiger partial charge on any atom is -0.456 e. The van der Waals surface area contributed by atoms with Gasteiger partial charge in [0.2, 0.25) is 5.91 Å². The zero-order valence-corrected chi connectivity index (χ0v) is 9.59. The molecule has 3 heteroatoms. The van der Waals surface area contributed by atoms with Crippen LogP contribution in [0.15, 0.2) is 53.0 Å². The van der Waals surface area contributed by atoms with Gasteiger partial charge < -0.3 is 10.2 Å². The third-order valence-electron chi connectivity index (χ3n) is 2.84. The van der Waals surface area contributed by atoms with E-state index in [4.69, 9.17) is 10.2 Å². The maximum atomic E-state index is 10.7. The van der Waals surface area contributed by atoms with Gasteiger partial charge in [0.15, 0.2) is 0 Å². The van der Waals surface area contributed by atoms with Crippen molar-refractivity contribution < 1.29 is 9.21 Å². The van der Waals surface area contributed by atoms with Crippen LogP contribution >= 0.6 is 0 Å². The Kier molecular flexibility index (Phi) is 2.38. The topological polar surface area (TPSA) is 56.2 Å². The van der Waals surface area contributed by atoms with E-state index in [2.05, 4.69) is 0 Å². The van der Waals surface area contributed by atoms with Gasteiger partial charge >= 0.3 is 0 Å². The molecule has 1 heterocycles. The zero-order valence-electron chi connectivity index (χ0n) is 9.59. The van der Waals surface area contributed by atoms with E-state index in [9.17, 15) is 4.79 Å². The minimum atomic E-state index is -0.452. The van der Waals surface area contributed by atoms with Crippen LogP contribution < -0.4 is 5.73 Å². The molecule has 18 heavy (non-hydrogen) atoms. The predicted octanol–water partition coefficient (Wildman–Crippen LogP) is 3.08. The second-order valence-corrected chi connectivity index (χ2v) is 4.09. The summed E-state index contributed by atoms with van der Waals surface area (Å²) in [6.07, 6.45) is 3.05. The largest absolute Gasteiger partial charge is 0.456 e. The molecule has 0 unspecified atom stereocenters. The van der Waals surface area contributed by atoms with Gasteiger partial charge in [0.1, 0.15) is 11.2 Å². The lowest BCUT2D eigenvalue weighted by Gasteiger charge is -1.93. The third-order valence-corrected chi connectivity index (χ3v) is 2.84. The molecular weight excluding hydrogens is 226 g/mol. The Hall–Kier alpha value is -2.55. The number of hydrogen-bond acceptors (Lipinski definition) is 2. The number of rotatable bonds is 2. The summed E-state index contributed by atoms with van der Waals surface area (Å²) in [7, 11) is 0. The van der Waals surface area contributed by atoms with Gasteiger partial charge in [0.05, 0.1) is 0 Å². The van der Waals surface area contributed by atoms with E-state index >= 15 is 0 Å². The van der Waals surface area contributed by atoms with Crippen molar-refractivity contribution in [3.63, 3.8) is 0 Å². The first-order valence-electron chi connectivity index (χ1n) is 5.63. The van der Waals surface area contributed by atoms with Crippen LogP contribution in [-0.2, 0) is 4.79 Å². The number of carbonyl (C=O) groups excluding carboxylic acids is 1. The van der Waals surface area contributed by atoms with Gasteiger partial charge in [0.25, 0.3) is 0 Å². The molecule has 1 amide bonds. The number of fused-ring (bicyclic) bond motifs is 3. The molecule has 2 aromatic carbocycles. The van der Waals surface area contributed by atoms with Gasteiger partial charge in [-0.25, -0.2) is 0 Å². The van der Waals surface area contributed by atoms with E-state index in [1.165, 1.54) is 6.08 Å². The van der Waals surface area contributed by atoms with Crippen molar-refractivity contribution in [1.82, 2.24) is 0 Å². The average molecular weight is 237 g/mol. The lowest BCUT2D eigenvalue weighted by Crippen LogP contribution is -2.04. The molecule has 0 aliphatic heterocycles. The monoisotopic (exact) mass is 237 g/mol. The van der Waals surface area contributed by atoms with E-state index in [0.717, 1.165) is 27.5 Å². The fraction of sp³-hybridized carbons (Fsp3) is 0. The number of primary amides is 1. The number of hydrogen-bond donors (Lipinski definition) is 1. The fourth-order valence-electron chi connectivity index (χ4n) is 2.03. The molecule has 0 bridgehead atoms. The number of para-hydroxylation sites is 1. The molecule has 3 rings (SSSR count). The van der Waals surface area contributed by atoms with Crippen molar-refractivity contribution in [2.24, 2.45) is 5.73 Å². The number of amides is 1. The van der Waals surface area contributed by atoms with Crippen LogP contribution in [0.25, 0.3) is 28.0 Å². The molecular formula is C15H11NO2. The first-order valence-corrected chi connectivity index (χ1v) is 5.63. The summed E-state index contributed by atoms with van der Waals surface area (Å²) in [5.74, 6) is -0.452. The lowest BCUT2D eigenvalue weighted by molar-refractivity contribution is -0.113. The smallest absolute Gasteiger partial charge is 0.241 e. The molecule has 0 spiro atoms. The maximum absolute atomic E-state index is 10.7. The SMILES string of the molecule is NC(=O)/C=C\c1ccc2oc3ccccc3c2c1. The second-order valence-electron chi connectivity index (χ2n) is 4.09. The van der Waals surface area contributed by atoms with Crippen LogP contribution in [0.1, 0.15) is 5.56 Å². The summed E-state index contributed by atoms with van der Waals surface area (Å²) >= 11 is 0.